The van der Waals surface area contributed by atoms with Gasteiger partial charge in [0.25, 0.3) is 11.8 Å². The van der Waals surface area contributed by atoms with Crippen LogP contribution in [0.25, 0.3) is 5.57 Å². The van der Waals surface area contributed by atoms with Crippen molar-refractivity contribution >= 4 is 34.4 Å². The number of carbonyl (C=O) groups excluding carboxylic acids is 2. The first-order valence-electron chi connectivity index (χ1n) is 8.86. The molecule has 2 aromatic carbocycles. The smallest absolute Gasteiger partial charge is 0.278 e. The van der Waals surface area contributed by atoms with E-state index in [9.17, 15) is 18.4 Å². The molecule has 0 aliphatic carbocycles. The molecule has 29 heavy (non-hydrogen) atoms. The van der Waals surface area contributed by atoms with Gasteiger partial charge in [0.1, 0.15) is 5.70 Å². The number of amides is 2. The van der Waals surface area contributed by atoms with Gasteiger partial charge in [-0.15, -0.1) is 11.3 Å². The van der Waals surface area contributed by atoms with Crippen LogP contribution in [0.3, 0.4) is 0 Å². The highest BCUT2D eigenvalue weighted by Crippen LogP contribution is 2.33. The lowest BCUT2D eigenvalue weighted by atomic mass is 10.1. The molecule has 1 aliphatic rings. The fraction of sp³-hybridized carbons (Fsp3) is 0.0909. The van der Waals surface area contributed by atoms with Crippen molar-refractivity contribution in [3.63, 3.8) is 0 Å². The molecule has 0 saturated heterocycles. The standard InChI is InChI=1S/C22H16F2N2O2S/c1-13-4-6-14(7-5-13)12-26-21(27)19(18-3-2-10-29-18)20(22(26)28)25-15-8-9-16(23)17(24)11-15/h2-11,25H,12H2,1H3. The van der Waals surface area contributed by atoms with E-state index < -0.39 is 23.4 Å². The number of benzene rings is 2. The number of rotatable bonds is 5. The van der Waals surface area contributed by atoms with E-state index in [0.29, 0.717) is 4.88 Å². The second kappa shape index (κ2) is 7.60. The maximum Gasteiger partial charge on any atom is 0.278 e. The topological polar surface area (TPSA) is 49.4 Å². The van der Waals surface area contributed by atoms with E-state index in [1.54, 1.807) is 17.5 Å². The number of carbonyl (C=O) groups is 2. The molecule has 0 radical (unpaired) electrons. The lowest BCUT2D eigenvalue weighted by Gasteiger charge is -2.15. The third-order valence-electron chi connectivity index (χ3n) is 4.59. The van der Waals surface area contributed by atoms with E-state index in [-0.39, 0.29) is 23.5 Å². The fourth-order valence-electron chi connectivity index (χ4n) is 3.08. The average Bonchev–Trinajstić information content (AvgIpc) is 3.30. The molecule has 2 amide bonds. The van der Waals surface area contributed by atoms with Crippen LogP contribution < -0.4 is 5.32 Å². The highest BCUT2D eigenvalue weighted by atomic mass is 32.1. The number of halogens is 2. The zero-order chi connectivity index (χ0) is 20.5. The summed E-state index contributed by atoms with van der Waals surface area (Å²) in [5, 5.41) is 4.62. The van der Waals surface area contributed by atoms with Crippen molar-refractivity contribution in [3.05, 3.63) is 93.3 Å². The third kappa shape index (κ3) is 3.69. The van der Waals surface area contributed by atoms with E-state index in [1.165, 1.54) is 17.4 Å². The van der Waals surface area contributed by atoms with Crippen molar-refractivity contribution in [2.45, 2.75) is 13.5 Å². The quantitative estimate of drug-likeness (QED) is 0.619. The van der Waals surface area contributed by atoms with E-state index in [0.717, 1.165) is 28.2 Å². The molecular formula is C22H16F2N2O2S. The number of imide groups is 1. The summed E-state index contributed by atoms with van der Waals surface area (Å²) in [5.74, 6) is -2.97. The molecule has 4 rings (SSSR count). The number of nitrogens with zero attached hydrogens (tertiary/aromatic N) is 1. The van der Waals surface area contributed by atoms with Crippen molar-refractivity contribution in [1.29, 1.82) is 0 Å². The van der Waals surface area contributed by atoms with Gasteiger partial charge in [0.15, 0.2) is 11.6 Å². The minimum absolute atomic E-state index is 0.0515. The molecule has 1 aromatic heterocycles. The Morgan fingerprint density at radius 2 is 1.72 bits per heavy atom. The van der Waals surface area contributed by atoms with Gasteiger partial charge < -0.3 is 5.32 Å². The SMILES string of the molecule is Cc1ccc(CN2C(=O)C(Nc3ccc(F)c(F)c3)=C(c3cccs3)C2=O)cc1. The highest BCUT2D eigenvalue weighted by Gasteiger charge is 2.39. The van der Waals surface area contributed by atoms with Gasteiger partial charge >= 0.3 is 0 Å². The number of aryl methyl sites for hydroxylation is 1. The first-order valence-corrected chi connectivity index (χ1v) is 9.74. The predicted molar refractivity (Wildman–Crippen MR) is 108 cm³/mol. The Morgan fingerprint density at radius 1 is 0.966 bits per heavy atom. The summed E-state index contributed by atoms with van der Waals surface area (Å²) in [6, 6.07) is 14.3. The third-order valence-corrected chi connectivity index (χ3v) is 5.47. The molecule has 2 heterocycles. The van der Waals surface area contributed by atoms with Gasteiger partial charge in [-0.2, -0.15) is 0 Å². The van der Waals surface area contributed by atoms with Crippen LogP contribution in [0.15, 0.2) is 65.7 Å². The average molecular weight is 410 g/mol. The molecule has 7 heteroatoms. The molecule has 0 saturated carbocycles. The number of anilines is 1. The van der Waals surface area contributed by atoms with Crippen LogP contribution in [0.1, 0.15) is 16.0 Å². The lowest BCUT2D eigenvalue weighted by molar-refractivity contribution is -0.137. The molecule has 0 unspecified atom stereocenters. The monoisotopic (exact) mass is 410 g/mol. The summed E-state index contributed by atoms with van der Waals surface area (Å²) in [6.07, 6.45) is 0. The maximum atomic E-state index is 13.6. The van der Waals surface area contributed by atoms with Crippen molar-refractivity contribution in [2.24, 2.45) is 0 Å². The largest absolute Gasteiger partial charge is 0.350 e. The van der Waals surface area contributed by atoms with Crippen molar-refractivity contribution in [2.75, 3.05) is 5.32 Å². The molecule has 0 fully saturated rings. The normalized spacial score (nSPS) is 14.1. The van der Waals surface area contributed by atoms with Gasteiger partial charge in [0.2, 0.25) is 0 Å². The number of nitrogens with one attached hydrogen (secondary N) is 1. The first-order chi connectivity index (χ1) is 13.9. The Hall–Kier alpha value is -3.32. The Balaban J connectivity index is 1.70. The van der Waals surface area contributed by atoms with Crippen molar-refractivity contribution < 1.29 is 18.4 Å². The van der Waals surface area contributed by atoms with Crippen molar-refractivity contribution in [3.8, 4) is 0 Å². The van der Waals surface area contributed by atoms with Crippen LogP contribution in [0.4, 0.5) is 14.5 Å². The zero-order valence-electron chi connectivity index (χ0n) is 15.4. The second-order valence-corrected chi connectivity index (χ2v) is 7.61. The first kappa shape index (κ1) is 19.0. The summed E-state index contributed by atoms with van der Waals surface area (Å²) in [5.41, 5.74) is 2.35. The number of thiophene rings is 1. The number of hydrogen-bond acceptors (Lipinski definition) is 4. The maximum absolute atomic E-state index is 13.6. The van der Waals surface area contributed by atoms with Crippen LogP contribution in [0.2, 0.25) is 0 Å². The van der Waals surface area contributed by atoms with E-state index in [2.05, 4.69) is 5.32 Å². The van der Waals surface area contributed by atoms with Gasteiger partial charge in [-0.05, 0) is 36.1 Å². The predicted octanol–water partition coefficient (Wildman–Crippen LogP) is 4.73. The fourth-order valence-corrected chi connectivity index (χ4v) is 3.85. The van der Waals surface area contributed by atoms with Crippen LogP contribution in [-0.2, 0) is 16.1 Å². The molecule has 3 aromatic rings. The molecule has 0 bridgehead atoms. The summed E-state index contributed by atoms with van der Waals surface area (Å²) >= 11 is 1.32. The summed E-state index contributed by atoms with van der Waals surface area (Å²) in [6.45, 7) is 2.08. The summed E-state index contributed by atoms with van der Waals surface area (Å²) in [7, 11) is 0. The highest BCUT2D eigenvalue weighted by molar-refractivity contribution is 7.11. The van der Waals surface area contributed by atoms with E-state index in [1.807, 2.05) is 31.2 Å². The minimum atomic E-state index is -1.04. The van der Waals surface area contributed by atoms with Crippen molar-refractivity contribution in [1.82, 2.24) is 4.90 Å². The van der Waals surface area contributed by atoms with Gasteiger partial charge in [-0.25, -0.2) is 8.78 Å². The van der Waals surface area contributed by atoms with Gasteiger partial charge in [0.05, 0.1) is 12.1 Å². The lowest BCUT2D eigenvalue weighted by Crippen LogP contribution is -2.31. The molecule has 4 nitrogen and oxygen atoms in total. The Kier molecular flexibility index (Phi) is 4.98. The molecular weight excluding hydrogens is 394 g/mol. The van der Waals surface area contributed by atoms with E-state index >= 15 is 0 Å². The molecule has 1 N–H and O–H groups in total. The van der Waals surface area contributed by atoms with Gasteiger partial charge in [-0.1, -0.05) is 35.9 Å². The van der Waals surface area contributed by atoms with Gasteiger partial charge in [0, 0.05) is 16.6 Å². The molecule has 1 aliphatic heterocycles. The Morgan fingerprint density at radius 3 is 2.38 bits per heavy atom. The molecule has 0 spiro atoms. The second-order valence-electron chi connectivity index (χ2n) is 6.66. The van der Waals surface area contributed by atoms with Gasteiger partial charge in [-0.3, -0.25) is 14.5 Å². The minimum Gasteiger partial charge on any atom is -0.350 e. The van der Waals surface area contributed by atoms with Crippen LogP contribution in [0, 0.1) is 18.6 Å². The summed E-state index contributed by atoms with van der Waals surface area (Å²) < 4.78 is 26.8. The van der Waals surface area contributed by atoms with Crippen LogP contribution in [0.5, 0.6) is 0 Å². The Bertz CT molecular complexity index is 1120. The molecule has 146 valence electrons. The number of hydrogen-bond donors (Lipinski definition) is 1. The van der Waals surface area contributed by atoms with E-state index in [4.69, 9.17) is 0 Å². The van der Waals surface area contributed by atoms with Crippen LogP contribution in [-0.4, -0.2) is 16.7 Å². The Labute approximate surface area is 170 Å². The zero-order valence-corrected chi connectivity index (χ0v) is 16.2. The summed E-state index contributed by atoms with van der Waals surface area (Å²) in [4.78, 5) is 27.9. The van der Waals surface area contributed by atoms with Crippen LogP contribution >= 0.6 is 11.3 Å². The molecule has 0 atom stereocenters.